The van der Waals surface area contributed by atoms with E-state index in [4.69, 9.17) is 4.98 Å². The number of nitrogens with zero attached hydrogens (tertiary/aromatic N) is 3. The van der Waals surface area contributed by atoms with Gasteiger partial charge >= 0.3 is 0 Å². The Balaban J connectivity index is 1.14. The summed E-state index contributed by atoms with van der Waals surface area (Å²) in [7, 11) is 0. The molecule has 0 aliphatic heterocycles. The molecule has 0 unspecified atom stereocenters. The van der Waals surface area contributed by atoms with Crippen LogP contribution < -0.4 is 0 Å². The summed E-state index contributed by atoms with van der Waals surface area (Å²) in [5.74, 6) is 0.937. The molecular weight excluding hydrogens is 667 g/mol. The lowest BCUT2D eigenvalue weighted by Gasteiger charge is -2.22. The summed E-state index contributed by atoms with van der Waals surface area (Å²) < 4.78 is 4.74. The summed E-state index contributed by atoms with van der Waals surface area (Å²) in [6, 6.07) is 68.2. The van der Waals surface area contributed by atoms with Gasteiger partial charge in [0.25, 0.3) is 0 Å². The van der Waals surface area contributed by atoms with Crippen molar-refractivity contribution < 1.29 is 0 Å². The van der Waals surface area contributed by atoms with Crippen LogP contribution in [0.25, 0.3) is 89.0 Å². The van der Waals surface area contributed by atoms with E-state index in [9.17, 15) is 0 Å². The molecular formula is C52H37N3. The third-order valence-electron chi connectivity index (χ3n) is 11.7. The van der Waals surface area contributed by atoms with Crippen LogP contribution in [0.3, 0.4) is 0 Å². The van der Waals surface area contributed by atoms with E-state index in [2.05, 4.69) is 211 Å². The van der Waals surface area contributed by atoms with Crippen LogP contribution in [0.2, 0.25) is 0 Å². The Morgan fingerprint density at radius 2 is 0.982 bits per heavy atom. The maximum Gasteiger partial charge on any atom is 0.145 e. The van der Waals surface area contributed by atoms with Gasteiger partial charge in [-0.05, 0) is 105 Å². The van der Waals surface area contributed by atoms with Crippen LogP contribution in [0.5, 0.6) is 0 Å². The van der Waals surface area contributed by atoms with Gasteiger partial charge in [0, 0.05) is 33.1 Å². The van der Waals surface area contributed by atoms with Crippen LogP contribution in [0.15, 0.2) is 188 Å². The van der Waals surface area contributed by atoms with Gasteiger partial charge in [0.05, 0.1) is 22.1 Å². The van der Waals surface area contributed by atoms with E-state index < -0.39 is 0 Å². The molecule has 2 aromatic heterocycles. The zero-order chi connectivity index (χ0) is 36.7. The summed E-state index contributed by atoms with van der Waals surface area (Å²) in [6.45, 7) is 4.77. The maximum absolute atomic E-state index is 5.09. The first-order valence-electron chi connectivity index (χ1n) is 19.1. The molecule has 1 aliphatic carbocycles. The van der Waals surface area contributed by atoms with Crippen molar-refractivity contribution in [2.24, 2.45) is 0 Å². The molecule has 0 fully saturated rings. The highest BCUT2D eigenvalue weighted by molar-refractivity contribution is 6.18. The molecule has 0 saturated heterocycles. The van der Waals surface area contributed by atoms with Crippen molar-refractivity contribution in [1.82, 2.24) is 14.1 Å². The Morgan fingerprint density at radius 1 is 0.418 bits per heavy atom. The maximum atomic E-state index is 5.09. The molecule has 3 heteroatoms. The van der Waals surface area contributed by atoms with E-state index in [1.54, 1.807) is 0 Å². The Morgan fingerprint density at radius 3 is 1.67 bits per heavy atom. The van der Waals surface area contributed by atoms with Crippen molar-refractivity contribution >= 4 is 32.8 Å². The van der Waals surface area contributed by atoms with Gasteiger partial charge in [0.1, 0.15) is 5.82 Å². The highest BCUT2D eigenvalue weighted by Gasteiger charge is 2.38. The number of hydrogen-bond donors (Lipinski definition) is 0. The Kier molecular flexibility index (Phi) is 6.90. The molecule has 3 nitrogen and oxygen atoms in total. The lowest BCUT2D eigenvalue weighted by atomic mass is 9.81. The molecule has 0 amide bonds. The molecule has 0 N–H and O–H groups in total. The van der Waals surface area contributed by atoms with E-state index >= 15 is 0 Å². The number of imidazole rings is 1. The van der Waals surface area contributed by atoms with Crippen LogP contribution >= 0.6 is 0 Å². The fourth-order valence-electron chi connectivity index (χ4n) is 9.05. The molecule has 11 rings (SSSR count). The third kappa shape index (κ3) is 4.79. The molecule has 8 aromatic carbocycles. The predicted octanol–water partition coefficient (Wildman–Crippen LogP) is 13.4. The van der Waals surface area contributed by atoms with E-state index in [-0.39, 0.29) is 5.41 Å². The molecule has 10 aromatic rings. The van der Waals surface area contributed by atoms with Crippen LogP contribution in [0.4, 0.5) is 0 Å². The normalized spacial score (nSPS) is 13.1. The Hall–Kier alpha value is -6.97. The zero-order valence-corrected chi connectivity index (χ0v) is 30.7. The van der Waals surface area contributed by atoms with Gasteiger partial charge in [-0.25, -0.2) is 4.98 Å². The number of benzene rings is 8. The van der Waals surface area contributed by atoms with Crippen molar-refractivity contribution in [3.05, 3.63) is 199 Å². The SMILES string of the molecule is CC1(C)c2cc(-c3ccccc3)ccc2-c2c1ccc1c2c2cc(-c3ccccc3)ccc2n1-c1ccc(-n2c(-c3ccccc3)nc3ccccc32)cc1. The van der Waals surface area contributed by atoms with Gasteiger partial charge in [0.2, 0.25) is 0 Å². The van der Waals surface area contributed by atoms with E-state index in [1.807, 2.05) is 0 Å². The number of aromatic nitrogens is 3. The second kappa shape index (κ2) is 12.0. The van der Waals surface area contributed by atoms with E-state index in [0.717, 1.165) is 33.8 Å². The summed E-state index contributed by atoms with van der Waals surface area (Å²) >= 11 is 0. The summed E-state index contributed by atoms with van der Waals surface area (Å²) in [6.07, 6.45) is 0. The minimum atomic E-state index is -0.152. The molecule has 0 bridgehead atoms. The molecule has 55 heavy (non-hydrogen) atoms. The Labute approximate surface area is 320 Å². The van der Waals surface area contributed by atoms with Crippen molar-refractivity contribution in [3.8, 4) is 56.1 Å². The van der Waals surface area contributed by atoms with Gasteiger partial charge in [-0.3, -0.25) is 4.57 Å². The highest BCUT2D eigenvalue weighted by Crippen LogP contribution is 2.54. The topological polar surface area (TPSA) is 22.8 Å². The average Bonchev–Trinajstić information content (AvgIpc) is 3.87. The fourth-order valence-corrected chi connectivity index (χ4v) is 9.05. The van der Waals surface area contributed by atoms with E-state index in [0.29, 0.717) is 0 Å². The van der Waals surface area contributed by atoms with Gasteiger partial charge < -0.3 is 4.57 Å². The third-order valence-corrected chi connectivity index (χ3v) is 11.7. The summed E-state index contributed by atoms with van der Waals surface area (Å²) in [5.41, 5.74) is 18.0. The molecule has 0 radical (unpaired) electrons. The lowest BCUT2D eigenvalue weighted by Crippen LogP contribution is -2.15. The quantitative estimate of drug-likeness (QED) is 0.175. The zero-order valence-electron chi connectivity index (χ0n) is 30.7. The number of rotatable bonds is 5. The second-order valence-electron chi connectivity index (χ2n) is 15.2. The second-order valence-corrected chi connectivity index (χ2v) is 15.2. The standard InChI is InChI=1S/C52H37N3/c1-52(2)43-29-31-48-50(49(43)41-28-22-38(33-44(41)52)35-16-8-4-9-17-35)42-32-37(34-14-6-3-7-15-34)23-30-46(42)54(48)39-24-26-40(27-25-39)55-47-21-13-12-20-45(47)53-51(55)36-18-10-5-11-19-36/h3-33H,1-2H3. The smallest absolute Gasteiger partial charge is 0.145 e. The van der Waals surface area contributed by atoms with Gasteiger partial charge in [-0.15, -0.1) is 0 Å². The minimum absolute atomic E-state index is 0.152. The van der Waals surface area contributed by atoms with Gasteiger partial charge in [-0.2, -0.15) is 0 Å². The predicted molar refractivity (Wildman–Crippen MR) is 229 cm³/mol. The van der Waals surface area contributed by atoms with Crippen LogP contribution in [0.1, 0.15) is 25.0 Å². The first kappa shape index (κ1) is 31.5. The van der Waals surface area contributed by atoms with E-state index in [1.165, 1.54) is 66.3 Å². The number of hydrogen-bond acceptors (Lipinski definition) is 1. The highest BCUT2D eigenvalue weighted by atomic mass is 15.1. The van der Waals surface area contributed by atoms with Crippen LogP contribution in [-0.2, 0) is 5.41 Å². The van der Waals surface area contributed by atoms with Crippen molar-refractivity contribution in [2.45, 2.75) is 19.3 Å². The first-order valence-corrected chi connectivity index (χ1v) is 19.1. The molecule has 0 saturated carbocycles. The van der Waals surface area contributed by atoms with Crippen molar-refractivity contribution in [1.29, 1.82) is 0 Å². The fraction of sp³-hybridized carbons (Fsp3) is 0.0577. The molecule has 2 heterocycles. The number of fused-ring (bicyclic) bond motifs is 8. The lowest BCUT2D eigenvalue weighted by molar-refractivity contribution is 0.661. The van der Waals surface area contributed by atoms with Crippen molar-refractivity contribution in [2.75, 3.05) is 0 Å². The average molecular weight is 704 g/mol. The number of para-hydroxylation sites is 2. The summed E-state index contributed by atoms with van der Waals surface area (Å²) in [4.78, 5) is 5.09. The molecule has 260 valence electrons. The van der Waals surface area contributed by atoms with Gasteiger partial charge in [-0.1, -0.05) is 141 Å². The Bertz CT molecular complexity index is 3080. The molecule has 0 spiro atoms. The summed E-state index contributed by atoms with van der Waals surface area (Å²) in [5, 5.41) is 2.57. The largest absolute Gasteiger partial charge is 0.309 e. The van der Waals surface area contributed by atoms with Crippen LogP contribution in [0, 0.1) is 0 Å². The first-order chi connectivity index (χ1) is 27.0. The monoisotopic (exact) mass is 703 g/mol. The minimum Gasteiger partial charge on any atom is -0.309 e. The molecule has 1 aliphatic rings. The van der Waals surface area contributed by atoms with Gasteiger partial charge in [0.15, 0.2) is 0 Å². The molecule has 0 atom stereocenters. The van der Waals surface area contributed by atoms with Crippen molar-refractivity contribution in [3.63, 3.8) is 0 Å². The van der Waals surface area contributed by atoms with Crippen LogP contribution in [-0.4, -0.2) is 14.1 Å².